The van der Waals surface area contributed by atoms with Gasteiger partial charge in [-0.1, -0.05) is 6.07 Å². The molecule has 4 nitrogen and oxygen atoms in total. The van der Waals surface area contributed by atoms with E-state index in [1.165, 1.54) is 19.1 Å². The van der Waals surface area contributed by atoms with Crippen LogP contribution in [0.4, 0.5) is 20.3 Å². The quantitative estimate of drug-likeness (QED) is 0.874. The average molecular weight is 263 g/mol. The van der Waals surface area contributed by atoms with Crippen molar-refractivity contribution >= 4 is 17.4 Å². The Labute approximate surface area is 108 Å². The molecule has 1 heterocycles. The summed E-state index contributed by atoms with van der Waals surface area (Å²) in [5.74, 6) is -1.84. The summed E-state index contributed by atoms with van der Waals surface area (Å²) in [6, 6.07) is 5.26. The fourth-order valence-corrected chi connectivity index (χ4v) is 1.56. The van der Waals surface area contributed by atoms with Crippen LogP contribution in [0.1, 0.15) is 15.9 Å². The van der Waals surface area contributed by atoms with Crippen LogP contribution in [-0.2, 0) is 0 Å². The van der Waals surface area contributed by atoms with E-state index in [-0.39, 0.29) is 11.4 Å². The number of halogens is 2. The Morgan fingerprint density at radius 2 is 2.11 bits per heavy atom. The van der Waals surface area contributed by atoms with E-state index in [1.54, 1.807) is 6.07 Å². The molecule has 0 spiro atoms. The summed E-state index contributed by atoms with van der Waals surface area (Å²) in [7, 11) is 0. The Kier molecular flexibility index (Phi) is 3.41. The maximum Gasteiger partial charge on any atom is 0.259 e. The number of hydrogen-bond acceptors (Lipinski definition) is 3. The molecule has 6 heteroatoms. The number of hydrogen-bond donors (Lipinski definition) is 2. The molecule has 0 aliphatic rings. The first-order chi connectivity index (χ1) is 8.99. The third-order valence-electron chi connectivity index (χ3n) is 2.65. The minimum Gasteiger partial charge on any atom is -0.383 e. The summed E-state index contributed by atoms with van der Waals surface area (Å²) in [6.07, 6.45) is 0.916. The second kappa shape index (κ2) is 5.01. The summed E-state index contributed by atoms with van der Waals surface area (Å²) in [6.45, 7) is 1.53. The molecule has 1 aromatic heterocycles. The Hall–Kier alpha value is -2.50. The van der Waals surface area contributed by atoms with Crippen LogP contribution >= 0.6 is 0 Å². The first-order valence-corrected chi connectivity index (χ1v) is 5.46. The third-order valence-corrected chi connectivity index (χ3v) is 2.65. The van der Waals surface area contributed by atoms with Gasteiger partial charge in [0.25, 0.3) is 5.91 Å². The van der Waals surface area contributed by atoms with E-state index < -0.39 is 17.5 Å². The number of rotatable bonds is 2. The highest BCUT2D eigenvalue weighted by Crippen LogP contribution is 2.19. The fourth-order valence-electron chi connectivity index (χ4n) is 1.56. The Bertz CT molecular complexity index is 644. The zero-order valence-electron chi connectivity index (χ0n) is 10.1. The molecule has 0 atom stereocenters. The number of nitrogens with two attached hydrogens (primary N) is 1. The lowest BCUT2D eigenvalue weighted by atomic mass is 10.1. The number of nitrogens with zero attached hydrogens (tertiary/aromatic N) is 1. The first-order valence-electron chi connectivity index (χ1n) is 5.46. The van der Waals surface area contributed by atoms with Gasteiger partial charge >= 0.3 is 0 Å². The molecule has 1 aromatic carbocycles. The number of amides is 1. The number of benzene rings is 1. The van der Waals surface area contributed by atoms with E-state index in [0.717, 1.165) is 12.3 Å². The largest absolute Gasteiger partial charge is 0.383 e. The van der Waals surface area contributed by atoms with Crippen molar-refractivity contribution in [1.82, 2.24) is 4.98 Å². The third kappa shape index (κ3) is 2.67. The van der Waals surface area contributed by atoms with Gasteiger partial charge in [-0.3, -0.25) is 4.79 Å². The molecule has 2 aromatic rings. The summed E-state index contributed by atoms with van der Waals surface area (Å²) in [5.41, 5.74) is 6.00. The van der Waals surface area contributed by atoms with Gasteiger partial charge < -0.3 is 11.1 Å². The summed E-state index contributed by atoms with van der Waals surface area (Å²) in [4.78, 5) is 15.5. The second-order valence-electron chi connectivity index (χ2n) is 3.95. The normalized spacial score (nSPS) is 10.3. The number of carbonyl (C=O) groups is 1. The Morgan fingerprint density at radius 3 is 2.84 bits per heavy atom. The molecular formula is C13H11F2N3O. The van der Waals surface area contributed by atoms with Crippen LogP contribution in [-0.4, -0.2) is 10.9 Å². The highest BCUT2D eigenvalue weighted by Gasteiger charge is 2.14. The number of nitrogen functional groups attached to an aromatic ring is 1. The number of nitrogens with one attached hydrogen (secondary N) is 1. The van der Waals surface area contributed by atoms with Gasteiger partial charge in [0, 0.05) is 11.3 Å². The van der Waals surface area contributed by atoms with Gasteiger partial charge in [-0.25, -0.2) is 13.8 Å². The number of aromatic nitrogens is 1. The van der Waals surface area contributed by atoms with Crippen molar-refractivity contribution in [2.75, 3.05) is 11.1 Å². The monoisotopic (exact) mass is 263 g/mol. The van der Waals surface area contributed by atoms with Crippen LogP contribution in [0.5, 0.6) is 0 Å². The molecule has 0 aliphatic heterocycles. The van der Waals surface area contributed by atoms with Gasteiger partial charge in [0.15, 0.2) is 0 Å². The van der Waals surface area contributed by atoms with Crippen LogP contribution in [0.3, 0.4) is 0 Å². The molecule has 0 fully saturated rings. The lowest BCUT2D eigenvalue weighted by Gasteiger charge is -2.09. The van der Waals surface area contributed by atoms with E-state index >= 15 is 0 Å². The summed E-state index contributed by atoms with van der Waals surface area (Å²) >= 11 is 0. The lowest BCUT2D eigenvalue weighted by molar-refractivity contribution is 0.102. The zero-order chi connectivity index (χ0) is 14.0. The van der Waals surface area contributed by atoms with Gasteiger partial charge in [-0.15, -0.1) is 0 Å². The summed E-state index contributed by atoms with van der Waals surface area (Å²) in [5, 5.41) is 2.47. The molecule has 0 saturated carbocycles. The molecular weight excluding hydrogens is 252 g/mol. The van der Waals surface area contributed by atoms with Crippen molar-refractivity contribution in [1.29, 1.82) is 0 Å². The maximum atomic E-state index is 13.3. The molecule has 0 aliphatic carbocycles. The average Bonchev–Trinajstić information content (AvgIpc) is 2.38. The van der Waals surface area contributed by atoms with Crippen LogP contribution in [0.2, 0.25) is 0 Å². The fraction of sp³-hybridized carbons (Fsp3) is 0.0769. The minimum absolute atomic E-state index is 0.0899. The van der Waals surface area contributed by atoms with Crippen molar-refractivity contribution in [2.24, 2.45) is 0 Å². The smallest absolute Gasteiger partial charge is 0.259 e. The minimum atomic E-state index is -0.671. The molecule has 3 N–H and O–H groups in total. The van der Waals surface area contributed by atoms with E-state index in [9.17, 15) is 13.6 Å². The predicted molar refractivity (Wildman–Crippen MR) is 67.7 cm³/mol. The topological polar surface area (TPSA) is 68.0 Å². The van der Waals surface area contributed by atoms with Crippen LogP contribution in [0.15, 0.2) is 30.5 Å². The molecule has 0 bridgehead atoms. The van der Waals surface area contributed by atoms with Crippen molar-refractivity contribution in [3.05, 3.63) is 53.2 Å². The van der Waals surface area contributed by atoms with Crippen molar-refractivity contribution in [2.45, 2.75) is 6.92 Å². The molecule has 0 saturated heterocycles. The SMILES string of the molecule is Cc1c(F)cccc1NC(=O)c1cc(F)cnc1N. The molecule has 19 heavy (non-hydrogen) atoms. The first kappa shape index (κ1) is 12.9. The van der Waals surface area contributed by atoms with Crippen LogP contribution in [0, 0.1) is 18.6 Å². The van der Waals surface area contributed by atoms with Gasteiger partial charge in [-0.2, -0.15) is 0 Å². The summed E-state index contributed by atoms with van der Waals surface area (Å²) < 4.78 is 26.4. The Morgan fingerprint density at radius 1 is 1.37 bits per heavy atom. The van der Waals surface area contributed by atoms with E-state index in [4.69, 9.17) is 5.73 Å². The van der Waals surface area contributed by atoms with Crippen molar-refractivity contribution in [3.63, 3.8) is 0 Å². The maximum absolute atomic E-state index is 13.3. The van der Waals surface area contributed by atoms with Crippen LogP contribution < -0.4 is 11.1 Å². The van der Waals surface area contributed by atoms with E-state index in [2.05, 4.69) is 10.3 Å². The number of pyridine rings is 1. The molecule has 98 valence electrons. The van der Waals surface area contributed by atoms with Crippen molar-refractivity contribution < 1.29 is 13.6 Å². The number of anilines is 2. The highest BCUT2D eigenvalue weighted by molar-refractivity contribution is 6.07. The molecule has 0 unspecified atom stereocenters. The second-order valence-corrected chi connectivity index (χ2v) is 3.95. The molecule has 0 radical (unpaired) electrons. The number of carbonyl (C=O) groups excluding carboxylic acids is 1. The van der Waals surface area contributed by atoms with Crippen LogP contribution in [0.25, 0.3) is 0 Å². The zero-order valence-corrected chi connectivity index (χ0v) is 10.1. The lowest BCUT2D eigenvalue weighted by Crippen LogP contribution is -2.16. The van der Waals surface area contributed by atoms with Gasteiger partial charge in [0.05, 0.1) is 11.8 Å². The Balaban J connectivity index is 2.31. The van der Waals surface area contributed by atoms with E-state index in [0.29, 0.717) is 11.3 Å². The van der Waals surface area contributed by atoms with Gasteiger partial charge in [0.2, 0.25) is 0 Å². The van der Waals surface area contributed by atoms with Gasteiger partial charge in [-0.05, 0) is 25.1 Å². The molecule has 1 amide bonds. The van der Waals surface area contributed by atoms with E-state index in [1.807, 2.05) is 0 Å². The standard InChI is InChI=1S/C13H11F2N3O/c1-7-10(15)3-2-4-11(7)18-13(19)9-5-8(14)6-17-12(9)16/h2-6H,1H3,(H2,16,17)(H,18,19). The van der Waals surface area contributed by atoms with Crippen molar-refractivity contribution in [3.8, 4) is 0 Å². The molecule has 2 rings (SSSR count). The highest BCUT2D eigenvalue weighted by atomic mass is 19.1. The predicted octanol–water partition coefficient (Wildman–Crippen LogP) is 2.50. The van der Waals surface area contributed by atoms with Gasteiger partial charge in [0.1, 0.15) is 17.5 Å².